The molecule has 4 rings (SSSR count). The number of hydrazone groups is 1. The summed E-state index contributed by atoms with van der Waals surface area (Å²) in [5.74, 6) is 0.410. The van der Waals surface area contributed by atoms with Crippen LogP contribution in [-0.4, -0.2) is 41.2 Å². The number of hydrogen-bond donors (Lipinski definition) is 0. The minimum atomic E-state index is -0.296. The van der Waals surface area contributed by atoms with Crippen LogP contribution in [0.3, 0.4) is 0 Å². The van der Waals surface area contributed by atoms with E-state index in [1.165, 1.54) is 11.6 Å². The highest BCUT2D eigenvalue weighted by Crippen LogP contribution is 2.35. The number of amides is 1. The van der Waals surface area contributed by atoms with E-state index in [9.17, 15) is 9.18 Å². The summed E-state index contributed by atoms with van der Waals surface area (Å²) in [5, 5.41) is 6.26. The highest BCUT2D eigenvalue weighted by Gasteiger charge is 2.35. The second-order valence-corrected chi connectivity index (χ2v) is 8.80. The molecule has 0 aromatic heterocycles. The molecule has 1 fully saturated rings. The van der Waals surface area contributed by atoms with E-state index in [0.29, 0.717) is 24.2 Å². The topological polar surface area (TPSA) is 35.9 Å². The monoisotopic (exact) mass is 407 g/mol. The molecular formula is C25H30FN3O. The van der Waals surface area contributed by atoms with Gasteiger partial charge in [-0.05, 0) is 62.9 Å². The first-order valence-corrected chi connectivity index (χ1v) is 10.9. The van der Waals surface area contributed by atoms with Crippen molar-refractivity contribution < 1.29 is 9.18 Å². The number of rotatable bonds is 4. The van der Waals surface area contributed by atoms with Crippen LogP contribution >= 0.6 is 0 Å². The average Bonchev–Trinajstić information content (AvgIpc) is 3.15. The maximum atomic E-state index is 14.4. The van der Waals surface area contributed by atoms with Gasteiger partial charge < -0.3 is 0 Å². The first-order valence-electron chi connectivity index (χ1n) is 10.9. The number of carbonyl (C=O) groups excluding carboxylic acids is 1. The van der Waals surface area contributed by atoms with Gasteiger partial charge in [0.2, 0.25) is 0 Å². The van der Waals surface area contributed by atoms with Crippen molar-refractivity contribution in [3.63, 3.8) is 0 Å². The normalized spacial score (nSPS) is 20.5. The van der Waals surface area contributed by atoms with Crippen molar-refractivity contribution in [3.8, 4) is 0 Å². The van der Waals surface area contributed by atoms with E-state index in [2.05, 4.69) is 49.0 Å². The van der Waals surface area contributed by atoms with E-state index < -0.39 is 0 Å². The molecule has 30 heavy (non-hydrogen) atoms. The summed E-state index contributed by atoms with van der Waals surface area (Å²) in [5.41, 5.74) is 4.52. The number of likely N-dealkylation sites (tertiary alicyclic amines) is 1. The van der Waals surface area contributed by atoms with Gasteiger partial charge in [-0.15, -0.1) is 0 Å². The van der Waals surface area contributed by atoms with Gasteiger partial charge in [0.15, 0.2) is 0 Å². The van der Waals surface area contributed by atoms with Crippen molar-refractivity contribution in [2.45, 2.75) is 46.1 Å². The Hall–Kier alpha value is -2.53. The fraction of sp³-hybridized carbons (Fsp3) is 0.440. The zero-order chi connectivity index (χ0) is 21.3. The van der Waals surface area contributed by atoms with Gasteiger partial charge in [-0.2, -0.15) is 5.10 Å². The number of carbonyl (C=O) groups is 1. The molecule has 0 radical (unpaired) electrons. The van der Waals surface area contributed by atoms with Crippen LogP contribution in [0.15, 0.2) is 47.6 Å². The number of piperidine rings is 1. The van der Waals surface area contributed by atoms with Crippen molar-refractivity contribution in [1.82, 2.24) is 9.91 Å². The molecule has 158 valence electrons. The molecule has 1 amide bonds. The standard InChI is InChI=1S/C25H30FN3O/c1-17-10-12-28(13-11-17)16-25(30)29-24(20-9-8-18(2)14-19(20)3)15-23(27-29)21-6-4-5-7-22(21)26/h4-9,14,17,24H,10-13,15-16H2,1-3H3/t24-/m1/s1. The predicted molar refractivity (Wildman–Crippen MR) is 118 cm³/mol. The summed E-state index contributed by atoms with van der Waals surface area (Å²) in [6.45, 7) is 8.64. The molecule has 2 aromatic rings. The second kappa shape index (κ2) is 8.68. The third kappa shape index (κ3) is 4.31. The molecule has 5 heteroatoms. The van der Waals surface area contributed by atoms with Gasteiger partial charge in [0.25, 0.3) is 5.91 Å². The fourth-order valence-corrected chi connectivity index (χ4v) is 4.52. The zero-order valence-corrected chi connectivity index (χ0v) is 18.1. The van der Waals surface area contributed by atoms with E-state index in [1.807, 2.05) is 6.07 Å². The molecule has 2 heterocycles. The maximum Gasteiger partial charge on any atom is 0.257 e. The Labute approximate surface area is 178 Å². The molecule has 0 saturated carbocycles. The van der Waals surface area contributed by atoms with E-state index >= 15 is 0 Å². The van der Waals surface area contributed by atoms with Crippen molar-refractivity contribution in [3.05, 3.63) is 70.5 Å². The zero-order valence-electron chi connectivity index (χ0n) is 18.1. The summed E-state index contributed by atoms with van der Waals surface area (Å²) in [6.07, 6.45) is 2.77. The van der Waals surface area contributed by atoms with Crippen molar-refractivity contribution in [1.29, 1.82) is 0 Å². The molecule has 1 atom stereocenters. The highest BCUT2D eigenvalue weighted by molar-refractivity contribution is 6.03. The highest BCUT2D eigenvalue weighted by atomic mass is 19.1. The Bertz CT molecular complexity index is 963. The van der Waals surface area contributed by atoms with Gasteiger partial charge >= 0.3 is 0 Å². The molecule has 0 unspecified atom stereocenters. The summed E-state index contributed by atoms with van der Waals surface area (Å²) < 4.78 is 14.4. The van der Waals surface area contributed by atoms with Gasteiger partial charge in [-0.3, -0.25) is 9.69 Å². The lowest BCUT2D eigenvalue weighted by Gasteiger charge is -2.31. The Balaban J connectivity index is 1.63. The Morgan fingerprint density at radius 2 is 1.87 bits per heavy atom. The van der Waals surface area contributed by atoms with Gasteiger partial charge in [-0.25, -0.2) is 9.40 Å². The lowest BCUT2D eigenvalue weighted by molar-refractivity contribution is -0.134. The average molecular weight is 408 g/mol. The molecule has 0 aliphatic carbocycles. The lowest BCUT2D eigenvalue weighted by atomic mass is 9.94. The van der Waals surface area contributed by atoms with Crippen LogP contribution in [0.25, 0.3) is 0 Å². The fourth-order valence-electron chi connectivity index (χ4n) is 4.52. The first kappa shape index (κ1) is 20.7. The quantitative estimate of drug-likeness (QED) is 0.726. The molecule has 0 bridgehead atoms. The summed E-state index contributed by atoms with van der Waals surface area (Å²) in [7, 11) is 0. The van der Waals surface area contributed by atoms with E-state index in [1.54, 1.807) is 17.1 Å². The summed E-state index contributed by atoms with van der Waals surface area (Å²) >= 11 is 0. The van der Waals surface area contributed by atoms with Crippen molar-refractivity contribution in [2.75, 3.05) is 19.6 Å². The smallest absolute Gasteiger partial charge is 0.257 e. The Kier molecular flexibility index (Phi) is 6.00. The third-order valence-corrected chi connectivity index (χ3v) is 6.37. The second-order valence-electron chi connectivity index (χ2n) is 8.80. The Morgan fingerprint density at radius 3 is 2.57 bits per heavy atom. The van der Waals surface area contributed by atoms with Crippen LogP contribution in [0.4, 0.5) is 4.39 Å². The van der Waals surface area contributed by atoms with Gasteiger partial charge in [0.1, 0.15) is 5.82 Å². The van der Waals surface area contributed by atoms with E-state index in [0.717, 1.165) is 43.0 Å². The van der Waals surface area contributed by atoms with Crippen LogP contribution < -0.4 is 0 Å². The number of hydrogen-bond acceptors (Lipinski definition) is 3. The van der Waals surface area contributed by atoms with Gasteiger partial charge in [0, 0.05) is 12.0 Å². The molecule has 2 aromatic carbocycles. The van der Waals surface area contributed by atoms with Gasteiger partial charge in [-0.1, -0.05) is 48.9 Å². The number of halogens is 1. The minimum Gasteiger partial charge on any atom is -0.294 e. The molecule has 0 spiro atoms. The lowest BCUT2D eigenvalue weighted by Crippen LogP contribution is -2.41. The van der Waals surface area contributed by atoms with Crippen molar-refractivity contribution >= 4 is 11.6 Å². The molecule has 2 aliphatic rings. The Morgan fingerprint density at radius 1 is 1.13 bits per heavy atom. The van der Waals surface area contributed by atoms with Crippen LogP contribution in [0.5, 0.6) is 0 Å². The molecule has 0 N–H and O–H groups in total. The first-order chi connectivity index (χ1) is 14.4. The summed E-state index contributed by atoms with van der Waals surface area (Å²) in [4.78, 5) is 15.5. The molecule has 2 aliphatic heterocycles. The van der Waals surface area contributed by atoms with E-state index in [-0.39, 0.29) is 17.8 Å². The van der Waals surface area contributed by atoms with Crippen LogP contribution in [0.2, 0.25) is 0 Å². The number of benzene rings is 2. The largest absolute Gasteiger partial charge is 0.294 e. The SMILES string of the molecule is Cc1ccc([C@H]2CC(c3ccccc3F)=NN2C(=O)CN2CCC(C)CC2)c(C)c1. The van der Waals surface area contributed by atoms with Crippen LogP contribution in [0, 0.1) is 25.6 Å². The third-order valence-electron chi connectivity index (χ3n) is 6.37. The van der Waals surface area contributed by atoms with Gasteiger partial charge in [0.05, 0.1) is 18.3 Å². The van der Waals surface area contributed by atoms with Crippen molar-refractivity contribution in [2.24, 2.45) is 11.0 Å². The summed E-state index contributed by atoms with van der Waals surface area (Å²) in [6, 6.07) is 12.8. The number of aryl methyl sites for hydroxylation is 2. The van der Waals surface area contributed by atoms with Crippen LogP contribution in [0.1, 0.15) is 54.5 Å². The maximum absolute atomic E-state index is 14.4. The molecule has 4 nitrogen and oxygen atoms in total. The molecule has 1 saturated heterocycles. The van der Waals surface area contributed by atoms with Crippen LogP contribution in [-0.2, 0) is 4.79 Å². The predicted octanol–water partition coefficient (Wildman–Crippen LogP) is 4.85. The molecular weight excluding hydrogens is 377 g/mol. The van der Waals surface area contributed by atoms with E-state index in [4.69, 9.17) is 0 Å². The number of nitrogens with zero attached hydrogens (tertiary/aromatic N) is 3. The minimum absolute atomic E-state index is 0.0131.